The van der Waals surface area contributed by atoms with Crippen LogP contribution in [-0.2, 0) is 9.53 Å². The molecule has 0 aromatic rings. The highest BCUT2D eigenvalue weighted by atomic mass is 16.5. The maximum absolute atomic E-state index is 11.4. The van der Waals surface area contributed by atoms with Gasteiger partial charge in [0.25, 0.3) is 0 Å². The molecule has 0 radical (unpaired) electrons. The van der Waals surface area contributed by atoms with Crippen LogP contribution in [-0.4, -0.2) is 26.2 Å². The molecule has 1 saturated carbocycles. The van der Waals surface area contributed by atoms with Crippen LogP contribution in [0.2, 0.25) is 0 Å². The molecule has 2 rings (SSSR count). The van der Waals surface area contributed by atoms with Gasteiger partial charge in [-0.2, -0.15) is 0 Å². The van der Waals surface area contributed by atoms with Gasteiger partial charge in [0.15, 0.2) is 0 Å². The van der Waals surface area contributed by atoms with Crippen LogP contribution < -0.4 is 5.32 Å². The van der Waals surface area contributed by atoms with Crippen LogP contribution in [0.4, 0.5) is 0 Å². The largest absolute Gasteiger partial charge is 0.469 e. The van der Waals surface area contributed by atoms with Crippen molar-refractivity contribution in [3.05, 3.63) is 0 Å². The van der Waals surface area contributed by atoms with Crippen LogP contribution in [0, 0.1) is 17.3 Å². The summed E-state index contributed by atoms with van der Waals surface area (Å²) in [4.78, 5) is 11.4. The number of hydrogen-bond acceptors (Lipinski definition) is 3. The zero-order valence-electron chi connectivity index (χ0n) is 7.59. The summed E-state index contributed by atoms with van der Waals surface area (Å²) in [6, 6.07) is 0. The Labute approximate surface area is 72.5 Å². The zero-order chi connectivity index (χ0) is 8.77. The Bertz CT molecular complexity index is 203. The van der Waals surface area contributed by atoms with Crippen molar-refractivity contribution in [2.45, 2.75) is 13.3 Å². The molecule has 1 aliphatic heterocycles. The average Bonchev–Trinajstić information content (AvgIpc) is 2.74. The lowest BCUT2D eigenvalue weighted by Gasteiger charge is -2.07. The van der Waals surface area contributed by atoms with Gasteiger partial charge in [-0.15, -0.1) is 0 Å². The summed E-state index contributed by atoms with van der Waals surface area (Å²) in [6.45, 7) is 4.06. The average molecular weight is 169 g/mol. The smallest absolute Gasteiger partial charge is 0.312 e. The minimum atomic E-state index is -0.168. The molecule has 1 heterocycles. The molecule has 3 heteroatoms. The highest BCUT2D eigenvalue weighted by Gasteiger charge is 2.66. The van der Waals surface area contributed by atoms with E-state index in [4.69, 9.17) is 4.74 Å². The van der Waals surface area contributed by atoms with Gasteiger partial charge in [-0.3, -0.25) is 4.79 Å². The van der Waals surface area contributed by atoms with Gasteiger partial charge in [-0.25, -0.2) is 0 Å². The number of ether oxygens (including phenoxy) is 1. The fraction of sp³-hybridized carbons (Fsp3) is 0.889. The van der Waals surface area contributed by atoms with Crippen LogP contribution in [0.5, 0.6) is 0 Å². The van der Waals surface area contributed by atoms with E-state index in [0.717, 1.165) is 19.5 Å². The minimum absolute atomic E-state index is 0.0267. The van der Waals surface area contributed by atoms with Crippen LogP contribution in [0.15, 0.2) is 0 Å². The quantitative estimate of drug-likeness (QED) is 0.578. The van der Waals surface area contributed by atoms with E-state index in [1.165, 1.54) is 7.11 Å². The van der Waals surface area contributed by atoms with Crippen LogP contribution >= 0.6 is 0 Å². The van der Waals surface area contributed by atoms with Gasteiger partial charge < -0.3 is 10.1 Å². The summed E-state index contributed by atoms with van der Waals surface area (Å²) in [5.74, 6) is 1.08. The highest BCUT2D eigenvalue weighted by molar-refractivity contribution is 5.81. The number of carbonyl (C=O) groups excluding carboxylic acids is 1. The zero-order valence-corrected chi connectivity index (χ0v) is 7.59. The van der Waals surface area contributed by atoms with Crippen molar-refractivity contribution in [1.82, 2.24) is 5.32 Å². The van der Waals surface area contributed by atoms with Gasteiger partial charge in [0.2, 0.25) is 0 Å². The molecular formula is C9H15NO2. The summed E-state index contributed by atoms with van der Waals surface area (Å²) >= 11 is 0. The van der Waals surface area contributed by atoms with Crippen LogP contribution in [0.25, 0.3) is 0 Å². The number of nitrogens with one attached hydrogen (secondary N) is 1. The van der Waals surface area contributed by atoms with Crippen molar-refractivity contribution in [3.63, 3.8) is 0 Å². The topological polar surface area (TPSA) is 38.3 Å². The van der Waals surface area contributed by atoms with Gasteiger partial charge in [0.1, 0.15) is 0 Å². The Morgan fingerprint density at radius 1 is 1.58 bits per heavy atom. The molecular weight excluding hydrogens is 154 g/mol. The summed E-state index contributed by atoms with van der Waals surface area (Å²) in [7, 11) is 1.48. The molecule has 1 saturated heterocycles. The predicted octanol–water partition coefficient (Wildman–Crippen LogP) is 0.405. The molecule has 0 spiro atoms. The minimum Gasteiger partial charge on any atom is -0.469 e. The number of carbonyl (C=O) groups is 1. The number of hydrogen-bond donors (Lipinski definition) is 1. The lowest BCUT2D eigenvalue weighted by atomic mass is 10.1. The number of fused-ring (bicyclic) bond motifs is 1. The Balaban J connectivity index is 2.10. The number of esters is 1. The number of methoxy groups -OCH3 is 1. The molecule has 2 aliphatic rings. The molecule has 3 atom stereocenters. The first-order valence-corrected chi connectivity index (χ1v) is 4.50. The maximum Gasteiger partial charge on any atom is 0.312 e. The fourth-order valence-electron chi connectivity index (χ4n) is 2.59. The Morgan fingerprint density at radius 3 is 2.83 bits per heavy atom. The summed E-state index contributed by atoms with van der Waals surface area (Å²) in [6.07, 6.45) is 1.12. The lowest BCUT2D eigenvalue weighted by molar-refractivity contribution is -0.147. The Morgan fingerprint density at radius 2 is 2.33 bits per heavy atom. The lowest BCUT2D eigenvalue weighted by Crippen LogP contribution is -2.24. The van der Waals surface area contributed by atoms with E-state index in [0.29, 0.717) is 11.8 Å². The van der Waals surface area contributed by atoms with Gasteiger partial charge in [-0.1, -0.05) is 0 Å². The maximum atomic E-state index is 11.4. The van der Waals surface area contributed by atoms with E-state index < -0.39 is 0 Å². The Kier molecular flexibility index (Phi) is 1.65. The van der Waals surface area contributed by atoms with E-state index in [9.17, 15) is 4.79 Å². The van der Waals surface area contributed by atoms with Gasteiger partial charge in [0, 0.05) is 0 Å². The third-order valence-electron chi connectivity index (χ3n) is 3.54. The first kappa shape index (κ1) is 8.05. The molecule has 0 aromatic heterocycles. The summed E-state index contributed by atoms with van der Waals surface area (Å²) in [5, 5.41) is 3.30. The molecule has 0 aromatic carbocycles. The van der Waals surface area contributed by atoms with Gasteiger partial charge >= 0.3 is 5.97 Å². The van der Waals surface area contributed by atoms with E-state index in [1.807, 2.05) is 6.92 Å². The SMILES string of the molecule is COC(=O)C1(C)C2CCNCC21. The van der Waals surface area contributed by atoms with Crippen molar-refractivity contribution < 1.29 is 9.53 Å². The molecule has 1 aliphatic carbocycles. The van der Waals surface area contributed by atoms with Gasteiger partial charge in [0.05, 0.1) is 12.5 Å². The first-order valence-electron chi connectivity index (χ1n) is 4.50. The molecule has 68 valence electrons. The van der Waals surface area contributed by atoms with E-state index in [2.05, 4.69) is 5.32 Å². The second kappa shape index (κ2) is 2.46. The first-order chi connectivity index (χ1) is 5.71. The molecule has 3 unspecified atom stereocenters. The second-order valence-electron chi connectivity index (χ2n) is 3.98. The van der Waals surface area contributed by atoms with E-state index >= 15 is 0 Å². The van der Waals surface area contributed by atoms with Crippen molar-refractivity contribution in [2.75, 3.05) is 20.2 Å². The molecule has 0 bridgehead atoms. The molecule has 1 N–H and O–H groups in total. The van der Waals surface area contributed by atoms with Crippen LogP contribution in [0.3, 0.4) is 0 Å². The van der Waals surface area contributed by atoms with E-state index in [1.54, 1.807) is 0 Å². The molecule has 2 fully saturated rings. The highest BCUT2D eigenvalue weighted by Crippen LogP contribution is 2.61. The van der Waals surface area contributed by atoms with E-state index in [-0.39, 0.29) is 11.4 Å². The predicted molar refractivity (Wildman–Crippen MR) is 44.6 cm³/mol. The number of rotatable bonds is 1. The van der Waals surface area contributed by atoms with Crippen molar-refractivity contribution >= 4 is 5.97 Å². The number of piperidine rings is 1. The second-order valence-corrected chi connectivity index (χ2v) is 3.98. The van der Waals surface area contributed by atoms with Crippen molar-refractivity contribution in [2.24, 2.45) is 17.3 Å². The third-order valence-corrected chi connectivity index (χ3v) is 3.54. The molecule has 12 heavy (non-hydrogen) atoms. The van der Waals surface area contributed by atoms with Crippen molar-refractivity contribution in [1.29, 1.82) is 0 Å². The Hall–Kier alpha value is -0.570. The van der Waals surface area contributed by atoms with Crippen molar-refractivity contribution in [3.8, 4) is 0 Å². The summed E-state index contributed by atoms with van der Waals surface area (Å²) < 4.78 is 4.80. The van der Waals surface area contributed by atoms with Crippen LogP contribution in [0.1, 0.15) is 13.3 Å². The van der Waals surface area contributed by atoms with Gasteiger partial charge in [-0.05, 0) is 38.3 Å². The fourth-order valence-corrected chi connectivity index (χ4v) is 2.59. The normalized spacial score (nSPS) is 44.8. The molecule has 3 nitrogen and oxygen atoms in total. The summed E-state index contributed by atoms with van der Waals surface area (Å²) in [5.41, 5.74) is -0.168. The monoisotopic (exact) mass is 169 g/mol. The standard InChI is InChI=1S/C9H15NO2/c1-9(8(11)12-2)6-3-4-10-5-7(6)9/h6-7,10H,3-5H2,1-2H3. The third kappa shape index (κ3) is 0.829. The molecule has 0 amide bonds.